The minimum absolute atomic E-state index is 0.102. The van der Waals surface area contributed by atoms with E-state index in [2.05, 4.69) is 10.5 Å². The van der Waals surface area contributed by atoms with Crippen LogP contribution in [0.4, 0.5) is 17.1 Å². The summed E-state index contributed by atoms with van der Waals surface area (Å²) in [6, 6.07) is 8.11. The van der Waals surface area contributed by atoms with Crippen LogP contribution in [0, 0.1) is 20.2 Å². The lowest BCUT2D eigenvalue weighted by molar-refractivity contribution is -0.393. The summed E-state index contributed by atoms with van der Waals surface area (Å²) < 4.78 is 1.54. The molecule has 0 saturated heterocycles. The molecule has 14 heteroatoms. The molecular weight excluding hydrogens is 440 g/mol. The first kappa shape index (κ1) is 22.7. The van der Waals surface area contributed by atoms with Crippen LogP contribution >= 0.6 is 0 Å². The first-order valence-corrected chi connectivity index (χ1v) is 9.08. The standard InChI is InChI=1S/C19H16N6O8/c1-22-17(27)15(18(28)23(2)19(22)29)16(10-3-6-12(26)7-4-10)21-20-13-8-5-11(24(30)31)9-14(13)25(32)33/h3-9,20,26-27H,1-2H3/b21-16+. The van der Waals surface area contributed by atoms with Crippen LogP contribution < -0.4 is 16.7 Å². The van der Waals surface area contributed by atoms with Gasteiger partial charge in [-0.2, -0.15) is 5.10 Å². The number of nitrogens with one attached hydrogen (secondary N) is 1. The molecule has 0 aliphatic carbocycles. The molecule has 0 aliphatic rings. The Morgan fingerprint density at radius 1 is 0.970 bits per heavy atom. The molecule has 3 N–H and O–H groups in total. The third kappa shape index (κ3) is 4.25. The van der Waals surface area contributed by atoms with Crippen molar-refractivity contribution < 1.29 is 20.1 Å². The predicted molar refractivity (Wildman–Crippen MR) is 116 cm³/mol. The Kier molecular flexibility index (Phi) is 5.92. The van der Waals surface area contributed by atoms with Crippen molar-refractivity contribution in [2.75, 3.05) is 5.43 Å². The Bertz CT molecular complexity index is 1420. The third-order valence-corrected chi connectivity index (χ3v) is 4.69. The van der Waals surface area contributed by atoms with Gasteiger partial charge in [0.05, 0.1) is 15.9 Å². The zero-order valence-corrected chi connectivity index (χ0v) is 17.1. The number of hydrogen-bond donors (Lipinski definition) is 3. The number of hydrazone groups is 1. The van der Waals surface area contributed by atoms with Gasteiger partial charge < -0.3 is 10.2 Å². The molecule has 0 radical (unpaired) electrons. The Morgan fingerprint density at radius 3 is 2.18 bits per heavy atom. The van der Waals surface area contributed by atoms with Crippen molar-refractivity contribution in [3.05, 3.63) is 94.7 Å². The topological polar surface area (TPSA) is 195 Å². The molecule has 0 bridgehead atoms. The second-order valence-electron chi connectivity index (χ2n) is 6.74. The van der Waals surface area contributed by atoms with Gasteiger partial charge in [0.1, 0.15) is 22.7 Å². The maximum Gasteiger partial charge on any atom is 0.333 e. The summed E-state index contributed by atoms with van der Waals surface area (Å²) >= 11 is 0. The van der Waals surface area contributed by atoms with Crippen LogP contribution in [0.2, 0.25) is 0 Å². The smallest absolute Gasteiger partial charge is 0.333 e. The Hall–Kier alpha value is -5.01. The van der Waals surface area contributed by atoms with Crippen molar-refractivity contribution >= 4 is 22.8 Å². The van der Waals surface area contributed by atoms with Crippen molar-refractivity contribution in [3.63, 3.8) is 0 Å². The lowest BCUT2D eigenvalue weighted by Gasteiger charge is -2.13. The van der Waals surface area contributed by atoms with Gasteiger partial charge >= 0.3 is 11.4 Å². The Morgan fingerprint density at radius 2 is 1.61 bits per heavy atom. The fourth-order valence-corrected chi connectivity index (χ4v) is 2.92. The number of hydrogen-bond acceptors (Lipinski definition) is 10. The normalized spacial score (nSPS) is 11.3. The van der Waals surface area contributed by atoms with Gasteiger partial charge in [-0.3, -0.25) is 39.6 Å². The molecule has 14 nitrogen and oxygen atoms in total. The van der Waals surface area contributed by atoms with Gasteiger partial charge in [0, 0.05) is 25.7 Å². The first-order chi connectivity index (χ1) is 15.5. The van der Waals surface area contributed by atoms with Crippen molar-refractivity contribution in [3.8, 4) is 11.6 Å². The minimum atomic E-state index is -0.901. The van der Waals surface area contributed by atoms with E-state index in [1.54, 1.807) is 0 Å². The summed E-state index contributed by atoms with van der Waals surface area (Å²) in [5.41, 5.74) is -1.12. The van der Waals surface area contributed by atoms with Crippen LogP contribution in [0.15, 0.2) is 57.2 Å². The van der Waals surface area contributed by atoms with E-state index in [0.717, 1.165) is 27.3 Å². The first-order valence-electron chi connectivity index (χ1n) is 9.08. The molecule has 0 amide bonds. The van der Waals surface area contributed by atoms with Crippen LogP contribution in [-0.4, -0.2) is 34.9 Å². The lowest BCUT2D eigenvalue weighted by atomic mass is 10.0. The molecule has 3 rings (SSSR count). The number of phenols is 1. The van der Waals surface area contributed by atoms with E-state index in [0.29, 0.717) is 0 Å². The zero-order valence-electron chi connectivity index (χ0n) is 17.1. The van der Waals surface area contributed by atoms with Crippen molar-refractivity contribution in [2.45, 2.75) is 0 Å². The molecular formula is C19H16N6O8. The van der Waals surface area contributed by atoms with Gasteiger partial charge in [0.15, 0.2) is 0 Å². The van der Waals surface area contributed by atoms with E-state index >= 15 is 0 Å². The predicted octanol–water partition coefficient (Wildman–Crippen LogP) is 1.18. The number of phenolic OH excluding ortho intramolecular Hbond substituents is 1. The zero-order chi connectivity index (χ0) is 24.4. The van der Waals surface area contributed by atoms with Crippen LogP contribution in [-0.2, 0) is 14.1 Å². The van der Waals surface area contributed by atoms with Crippen LogP contribution in [0.3, 0.4) is 0 Å². The molecule has 1 aromatic heterocycles. The molecule has 0 fully saturated rings. The van der Waals surface area contributed by atoms with Crippen LogP contribution in [0.25, 0.3) is 0 Å². The molecule has 2 aromatic carbocycles. The van der Waals surface area contributed by atoms with Crippen LogP contribution in [0.5, 0.6) is 11.6 Å². The average Bonchev–Trinajstić information content (AvgIpc) is 2.79. The number of non-ortho nitro benzene ring substituents is 1. The molecule has 170 valence electrons. The van der Waals surface area contributed by atoms with Crippen molar-refractivity contribution in [1.82, 2.24) is 9.13 Å². The van der Waals surface area contributed by atoms with Gasteiger partial charge in [-0.25, -0.2) is 4.79 Å². The summed E-state index contributed by atoms with van der Waals surface area (Å²) in [5.74, 6) is -0.815. The van der Waals surface area contributed by atoms with Crippen molar-refractivity contribution in [1.29, 1.82) is 0 Å². The van der Waals surface area contributed by atoms with E-state index in [9.17, 15) is 40.0 Å². The van der Waals surface area contributed by atoms with Crippen molar-refractivity contribution in [2.24, 2.45) is 19.2 Å². The van der Waals surface area contributed by atoms with E-state index in [4.69, 9.17) is 0 Å². The average molecular weight is 456 g/mol. The Balaban J connectivity index is 2.25. The van der Waals surface area contributed by atoms with E-state index in [-0.39, 0.29) is 22.7 Å². The third-order valence-electron chi connectivity index (χ3n) is 4.69. The summed E-state index contributed by atoms with van der Waals surface area (Å²) in [6.45, 7) is 0. The molecule has 33 heavy (non-hydrogen) atoms. The fraction of sp³-hybridized carbons (Fsp3) is 0.105. The number of nitro groups is 2. The highest BCUT2D eigenvalue weighted by molar-refractivity contribution is 6.14. The molecule has 0 aliphatic heterocycles. The quantitative estimate of drug-likeness (QED) is 0.277. The number of benzene rings is 2. The van der Waals surface area contributed by atoms with Gasteiger partial charge in [0.2, 0.25) is 5.88 Å². The lowest BCUT2D eigenvalue weighted by Crippen LogP contribution is -2.40. The highest BCUT2D eigenvalue weighted by Gasteiger charge is 2.23. The van der Waals surface area contributed by atoms with E-state index in [1.807, 2.05) is 0 Å². The number of rotatable bonds is 6. The molecule has 0 saturated carbocycles. The highest BCUT2D eigenvalue weighted by Crippen LogP contribution is 2.29. The monoisotopic (exact) mass is 456 g/mol. The second-order valence-corrected chi connectivity index (χ2v) is 6.74. The number of anilines is 1. The Labute approximate surface area is 183 Å². The van der Waals surface area contributed by atoms with Gasteiger partial charge in [0.25, 0.3) is 11.2 Å². The maximum atomic E-state index is 12.8. The molecule has 1 heterocycles. The SMILES string of the molecule is Cn1c(O)c(/C(=N/Nc2ccc([N+](=O)[O-])cc2[N+](=O)[O-])c2ccc(O)cc2)c(=O)n(C)c1=O. The molecule has 0 unspecified atom stereocenters. The van der Waals surface area contributed by atoms with Gasteiger partial charge in [-0.1, -0.05) is 0 Å². The fourth-order valence-electron chi connectivity index (χ4n) is 2.92. The summed E-state index contributed by atoms with van der Waals surface area (Å²) in [6.07, 6.45) is 0. The van der Waals surface area contributed by atoms with Gasteiger partial charge in [-0.15, -0.1) is 0 Å². The highest BCUT2D eigenvalue weighted by atomic mass is 16.6. The molecule has 3 aromatic rings. The number of nitrogens with zero attached hydrogens (tertiary/aromatic N) is 5. The van der Waals surface area contributed by atoms with Gasteiger partial charge in [-0.05, 0) is 30.3 Å². The summed E-state index contributed by atoms with van der Waals surface area (Å²) in [5, 5.41) is 46.5. The second kappa shape index (κ2) is 8.62. The van der Waals surface area contributed by atoms with Crippen LogP contribution in [0.1, 0.15) is 11.1 Å². The minimum Gasteiger partial charge on any atom is -0.508 e. The number of aromatic nitrogens is 2. The van der Waals surface area contributed by atoms with E-state index in [1.165, 1.54) is 38.4 Å². The summed E-state index contributed by atoms with van der Waals surface area (Å²) in [4.78, 5) is 45.6. The summed E-state index contributed by atoms with van der Waals surface area (Å²) in [7, 11) is 2.42. The number of nitro benzene ring substituents is 2. The maximum absolute atomic E-state index is 12.8. The molecule has 0 spiro atoms. The largest absolute Gasteiger partial charge is 0.508 e. The molecule has 0 atom stereocenters. The number of aromatic hydroxyl groups is 2. The van der Waals surface area contributed by atoms with E-state index < -0.39 is 43.9 Å².